The van der Waals surface area contributed by atoms with Crippen LogP contribution in [0.2, 0.25) is 0 Å². The van der Waals surface area contributed by atoms with E-state index in [1.165, 1.54) is 16.4 Å². The van der Waals surface area contributed by atoms with Gasteiger partial charge in [-0.15, -0.1) is 6.58 Å². The van der Waals surface area contributed by atoms with Crippen LogP contribution in [0.5, 0.6) is 0 Å². The number of hydrogen-bond acceptors (Lipinski definition) is 3. The van der Waals surface area contributed by atoms with Crippen molar-refractivity contribution < 1.29 is 13.2 Å². The summed E-state index contributed by atoms with van der Waals surface area (Å²) in [4.78, 5) is 12.2. The number of sulfonamides is 1. The molecule has 0 atom stereocenters. The second kappa shape index (κ2) is 8.94. The summed E-state index contributed by atoms with van der Waals surface area (Å²) in [6.45, 7) is 3.67. The maximum Gasteiger partial charge on any atom is 0.243 e. The van der Waals surface area contributed by atoms with Crippen molar-refractivity contribution in [2.24, 2.45) is 0 Å². The molecule has 0 bridgehead atoms. The van der Waals surface area contributed by atoms with Crippen LogP contribution in [0.15, 0.2) is 76.6 Å². The Kier molecular flexibility index (Phi) is 6.92. The molecule has 132 valence electrons. The summed E-state index contributed by atoms with van der Waals surface area (Å²) in [6, 6.07) is 15.5. The van der Waals surface area contributed by atoms with Crippen molar-refractivity contribution in [1.82, 2.24) is 9.62 Å². The molecule has 1 amide bonds. The number of rotatable bonds is 8. The van der Waals surface area contributed by atoms with Crippen molar-refractivity contribution in [3.8, 4) is 0 Å². The fraction of sp³-hybridized carbons (Fsp3) is 0.167. The van der Waals surface area contributed by atoms with Gasteiger partial charge in [0.2, 0.25) is 15.9 Å². The molecule has 0 aromatic heterocycles. The quantitative estimate of drug-likeness (QED) is 0.664. The number of hydrogen-bond donors (Lipinski definition) is 1. The molecule has 5 nitrogen and oxygen atoms in total. The van der Waals surface area contributed by atoms with Gasteiger partial charge >= 0.3 is 0 Å². The lowest BCUT2D eigenvalue weighted by Crippen LogP contribution is -2.40. The summed E-state index contributed by atoms with van der Waals surface area (Å²) in [6.07, 6.45) is 1.54. The highest BCUT2D eigenvalue weighted by molar-refractivity contribution is 9.10. The minimum absolute atomic E-state index is 0.112. The lowest BCUT2D eigenvalue weighted by molar-refractivity contribution is -0.121. The van der Waals surface area contributed by atoms with E-state index in [0.29, 0.717) is 0 Å². The summed E-state index contributed by atoms with van der Waals surface area (Å²) in [7, 11) is -3.81. The van der Waals surface area contributed by atoms with Crippen LogP contribution in [0.1, 0.15) is 5.56 Å². The molecule has 0 aliphatic heterocycles. The Hall–Kier alpha value is -1.96. The van der Waals surface area contributed by atoms with Gasteiger partial charge in [0.1, 0.15) is 0 Å². The molecule has 0 fully saturated rings. The van der Waals surface area contributed by atoms with Crippen LogP contribution >= 0.6 is 15.9 Å². The van der Waals surface area contributed by atoms with Crippen LogP contribution in [-0.2, 0) is 21.4 Å². The molecule has 0 aliphatic carbocycles. The van der Waals surface area contributed by atoms with Gasteiger partial charge in [0.15, 0.2) is 0 Å². The van der Waals surface area contributed by atoms with Gasteiger partial charge in [-0.2, -0.15) is 4.31 Å². The predicted molar refractivity (Wildman–Crippen MR) is 101 cm³/mol. The molecule has 7 heteroatoms. The van der Waals surface area contributed by atoms with E-state index in [2.05, 4.69) is 27.8 Å². The van der Waals surface area contributed by atoms with Crippen LogP contribution in [0.25, 0.3) is 0 Å². The molecule has 0 saturated carbocycles. The fourth-order valence-electron chi connectivity index (χ4n) is 2.17. The van der Waals surface area contributed by atoms with E-state index in [0.717, 1.165) is 10.0 Å². The molecular formula is C18H19BrN2O3S. The third-order valence-electron chi connectivity index (χ3n) is 3.42. The average Bonchev–Trinajstić information content (AvgIpc) is 2.60. The number of amides is 1. The third kappa shape index (κ3) is 5.52. The van der Waals surface area contributed by atoms with Crippen LogP contribution in [0, 0.1) is 0 Å². The Morgan fingerprint density at radius 2 is 1.76 bits per heavy atom. The van der Waals surface area contributed by atoms with Crippen molar-refractivity contribution >= 4 is 31.9 Å². The molecule has 0 aliphatic rings. The van der Waals surface area contributed by atoms with Gasteiger partial charge < -0.3 is 5.32 Å². The second-order valence-corrected chi connectivity index (χ2v) is 8.16. The Bertz CT molecular complexity index is 821. The first-order chi connectivity index (χ1) is 11.9. The number of nitrogens with zero attached hydrogens (tertiary/aromatic N) is 1. The first-order valence-electron chi connectivity index (χ1n) is 7.60. The first kappa shape index (κ1) is 19.4. The zero-order valence-electron chi connectivity index (χ0n) is 13.6. The lowest BCUT2D eigenvalue weighted by atomic mass is 10.2. The lowest BCUT2D eigenvalue weighted by Gasteiger charge is -2.22. The summed E-state index contributed by atoms with van der Waals surface area (Å²) < 4.78 is 27.9. The zero-order valence-corrected chi connectivity index (χ0v) is 16.0. The smallest absolute Gasteiger partial charge is 0.243 e. The molecule has 2 aromatic carbocycles. The summed E-state index contributed by atoms with van der Waals surface area (Å²) >= 11 is 3.29. The Balaban J connectivity index is 2.30. The minimum atomic E-state index is -3.81. The standard InChI is InChI=1S/C18H19BrN2O3S/c1-2-12-20-18(22)14-21(13-15-6-4-3-5-7-15)25(23,24)17-10-8-16(19)9-11-17/h2-11H,1,12-14H2,(H,20,22). The van der Waals surface area contributed by atoms with E-state index >= 15 is 0 Å². The number of carbonyl (C=O) groups is 1. The largest absolute Gasteiger partial charge is 0.351 e. The summed E-state index contributed by atoms with van der Waals surface area (Å²) in [5.41, 5.74) is 0.805. The molecular weight excluding hydrogens is 404 g/mol. The predicted octanol–water partition coefficient (Wildman–Crippen LogP) is 2.94. The summed E-state index contributed by atoms with van der Waals surface area (Å²) in [5, 5.41) is 2.61. The van der Waals surface area contributed by atoms with Gasteiger partial charge in [0.25, 0.3) is 0 Å². The van der Waals surface area contributed by atoms with Crippen molar-refractivity contribution in [3.05, 3.63) is 77.3 Å². The average molecular weight is 423 g/mol. The topological polar surface area (TPSA) is 66.5 Å². The molecule has 0 unspecified atom stereocenters. The molecule has 2 rings (SSSR count). The van der Waals surface area contributed by atoms with Crippen LogP contribution in [-0.4, -0.2) is 31.7 Å². The SMILES string of the molecule is C=CCNC(=O)CN(Cc1ccccc1)S(=O)(=O)c1ccc(Br)cc1. The third-order valence-corrected chi connectivity index (χ3v) is 5.75. The van der Waals surface area contributed by atoms with Crippen molar-refractivity contribution in [2.75, 3.05) is 13.1 Å². The molecule has 0 spiro atoms. The van der Waals surface area contributed by atoms with Crippen LogP contribution in [0.4, 0.5) is 0 Å². The van der Waals surface area contributed by atoms with Crippen LogP contribution < -0.4 is 5.32 Å². The number of benzene rings is 2. The Labute approximate surface area is 156 Å². The highest BCUT2D eigenvalue weighted by atomic mass is 79.9. The van der Waals surface area contributed by atoms with Gasteiger partial charge in [-0.25, -0.2) is 8.42 Å². The monoisotopic (exact) mass is 422 g/mol. The number of nitrogens with one attached hydrogen (secondary N) is 1. The van der Waals surface area contributed by atoms with E-state index in [9.17, 15) is 13.2 Å². The highest BCUT2D eigenvalue weighted by Gasteiger charge is 2.26. The van der Waals surface area contributed by atoms with E-state index in [1.54, 1.807) is 18.2 Å². The first-order valence-corrected chi connectivity index (χ1v) is 9.84. The van der Waals surface area contributed by atoms with Gasteiger partial charge in [-0.1, -0.05) is 52.3 Å². The van der Waals surface area contributed by atoms with Crippen LogP contribution in [0.3, 0.4) is 0 Å². The van der Waals surface area contributed by atoms with E-state index in [1.807, 2.05) is 30.3 Å². The minimum Gasteiger partial charge on any atom is -0.351 e. The van der Waals surface area contributed by atoms with Gasteiger partial charge in [-0.3, -0.25) is 4.79 Å². The zero-order chi connectivity index (χ0) is 18.3. The molecule has 25 heavy (non-hydrogen) atoms. The summed E-state index contributed by atoms with van der Waals surface area (Å²) in [5.74, 6) is -0.378. The number of carbonyl (C=O) groups excluding carboxylic acids is 1. The molecule has 0 saturated heterocycles. The number of halogens is 1. The van der Waals surface area contributed by atoms with E-state index in [4.69, 9.17) is 0 Å². The second-order valence-electron chi connectivity index (χ2n) is 5.31. The van der Waals surface area contributed by atoms with Crippen molar-refractivity contribution in [1.29, 1.82) is 0 Å². The van der Waals surface area contributed by atoms with E-state index < -0.39 is 10.0 Å². The molecule has 0 heterocycles. The highest BCUT2D eigenvalue weighted by Crippen LogP contribution is 2.20. The molecule has 1 N–H and O–H groups in total. The van der Waals surface area contributed by atoms with Gasteiger partial charge in [-0.05, 0) is 29.8 Å². The normalized spacial score (nSPS) is 11.3. The molecule has 2 aromatic rings. The maximum atomic E-state index is 13.0. The van der Waals surface area contributed by atoms with Crippen molar-refractivity contribution in [3.63, 3.8) is 0 Å². The maximum absolute atomic E-state index is 13.0. The van der Waals surface area contributed by atoms with Gasteiger partial charge in [0.05, 0.1) is 11.4 Å². The fourth-order valence-corrected chi connectivity index (χ4v) is 3.82. The Morgan fingerprint density at radius 1 is 1.12 bits per heavy atom. The van der Waals surface area contributed by atoms with Gasteiger partial charge in [0, 0.05) is 17.6 Å². The molecule has 0 radical (unpaired) electrons. The Morgan fingerprint density at radius 3 is 2.36 bits per heavy atom. The van der Waals surface area contributed by atoms with E-state index in [-0.39, 0.29) is 30.4 Å². The van der Waals surface area contributed by atoms with Crippen molar-refractivity contribution in [2.45, 2.75) is 11.4 Å².